The van der Waals surface area contributed by atoms with Gasteiger partial charge in [0.1, 0.15) is 18.1 Å². The zero-order chi connectivity index (χ0) is 19.2. The van der Waals surface area contributed by atoms with E-state index in [4.69, 9.17) is 21.1 Å². The van der Waals surface area contributed by atoms with Crippen LogP contribution in [0.1, 0.15) is 33.3 Å². The molecule has 0 aliphatic carbocycles. The van der Waals surface area contributed by atoms with Crippen molar-refractivity contribution in [2.45, 2.75) is 39.2 Å². The van der Waals surface area contributed by atoms with E-state index in [0.717, 1.165) is 0 Å². The molecule has 1 amide bonds. The Labute approximate surface area is 160 Å². The Hall–Kier alpha value is -2.20. The molecule has 0 saturated carbocycles. The summed E-state index contributed by atoms with van der Waals surface area (Å²) in [7, 11) is 0. The minimum absolute atomic E-state index is 0.0889. The third-order valence-electron chi connectivity index (χ3n) is 3.89. The van der Waals surface area contributed by atoms with Crippen LogP contribution in [0.25, 0.3) is 0 Å². The lowest BCUT2D eigenvalue weighted by Gasteiger charge is -2.20. The van der Waals surface area contributed by atoms with E-state index in [1.807, 2.05) is 24.3 Å². The minimum Gasteiger partial charge on any atom is -0.492 e. The Bertz CT molecular complexity index is 706. The van der Waals surface area contributed by atoms with Crippen molar-refractivity contribution in [1.82, 2.24) is 5.32 Å². The molecule has 0 bridgehead atoms. The Morgan fingerprint density at radius 1 is 1.04 bits per heavy atom. The predicted molar refractivity (Wildman–Crippen MR) is 105 cm³/mol. The number of nitrogens with one attached hydrogen (secondary N) is 1. The molecule has 26 heavy (non-hydrogen) atoms. The highest BCUT2D eigenvalue weighted by Crippen LogP contribution is 2.24. The normalized spacial score (nSPS) is 12.3. The summed E-state index contributed by atoms with van der Waals surface area (Å²) in [6.45, 7) is 8.98. The Morgan fingerprint density at radius 2 is 1.62 bits per heavy atom. The van der Waals surface area contributed by atoms with E-state index < -0.39 is 6.10 Å². The first-order valence-corrected chi connectivity index (χ1v) is 9.07. The van der Waals surface area contributed by atoms with Crippen molar-refractivity contribution >= 4 is 17.5 Å². The molecular formula is C21H26ClNO3. The largest absolute Gasteiger partial charge is 0.492 e. The van der Waals surface area contributed by atoms with Crippen molar-refractivity contribution in [2.24, 2.45) is 0 Å². The molecule has 2 aromatic carbocycles. The molecule has 2 rings (SSSR count). The molecule has 0 heterocycles. The van der Waals surface area contributed by atoms with E-state index in [0.29, 0.717) is 29.7 Å². The number of ether oxygens (including phenoxy) is 2. The smallest absolute Gasteiger partial charge is 0.260 e. The first kappa shape index (κ1) is 20.1. The van der Waals surface area contributed by atoms with Crippen LogP contribution in [0.3, 0.4) is 0 Å². The number of hydrogen-bond donors (Lipinski definition) is 1. The van der Waals surface area contributed by atoms with Crippen molar-refractivity contribution in [3.8, 4) is 11.5 Å². The number of carbonyl (C=O) groups excluding carboxylic acids is 1. The summed E-state index contributed by atoms with van der Waals surface area (Å²) in [4.78, 5) is 12.1. The molecule has 0 aromatic heterocycles. The van der Waals surface area contributed by atoms with E-state index >= 15 is 0 Å². The summed E-state index contributed by atoms with van der Waals surface area (Å²) in [5.41, 5.74) is 1.31. The van der Waals surface area contributed by atoms with Crippen LogP contribution in [0, 0.1) is 0 Å². The maximum Gasteiger partial charge on any atom is 0.260 e. The maximum atomic E-state index is 12.1. The van der Waals surface area contributed by atoms with E-state index in [-0.39, 0.29) is 11.3 Å². The van der Waals surface area contributed by atoms with E-state index in [1.54, 1.807) is 31.2 Å². The van der Waals surface area contributed by atoms with Crippen molar-refractivity contribution < 1.29 is 14.3 Å². The van der Waals surface area contributed by atoms with E-state index in [1.165, 1.54) is 5.56 Å². The summed E-state index contributed by atoms with van der Waals surface area (Å²) in [5, 5.41) is 3.46. The number of amides is 1. The van der Waals surface area contributed by atoms with Gasteiger partial charge in [0.15, 0.2) is 6.10 Å². The lowest BCUT2D eigenvalue weighted by atomic mass is 9.87. The predicted octanol–water partition coefficient (Wildman–Crippen LogP) is 4.60. The average molecular weight is 376 g/mol. The Kier molecular flexibility index (Phi) is 6.92. The summed E-state index contributed by atoms with van der Waals surface area (Å²) in [6.07, 6.45) is -0.578. The third-order valence-corrected chi connectivity index (χ3v) is 4.14. The first-order valence-electron chi connectivity index (χ1n) is 8.69. The van der Waals surface area contributed by atoms with E-state index in [2.05, 4.69) is 26.1 Å². The van der Waals surface area contributed by atoms with Gasteiger partial charge in [-0.1, -0.05) is 44.5 Å². The molecule has 0 spiro atoms. The number of rotatable bonds is 7. The molecule has 0 radical (unpaired) electrons. The zero-order valence-electron chi connectivity index (χ0n) is 15.7. The molecule has 0 saturated heterocycles. The van der Waals surface area contributed by atoms with Crippen LogP contribution in [0.15, 0.2) is 48.5 Å². The van der Waals surface area contributed by atoms with Gasteiger partial charge in [0.05, 0.1) is 6.54 Å². The number of benzene rings is 2. The monoisotopic (exact) mass is 375 g/mol. The second-order valence-corrected chi connectivity index (χ2v) is 7.56. The second-order valence-electron chi connectivity index (χ2n) is 7.13. The molecule has 1 unspecified atom stereocenters. The molecule has 2 aromatic rings. The van der Waals surface area contributed by atoms with Gasteiger partial charge in [-0.25, -0.2) is 0 Å². The molecule has 1 N–H and O–H groups in total. The molecule has 1 atom stereocenters. The summed E-state index contributed by atoms with van der Waals surface area (Å²) in [6, 6.07) is 14.9. The van der Waals surface area contributed by atoms with Crippen molar-refractivity contribution in [3.05, 3.63) is 59.1 Å². The van der Waals surface area contributed by atoms with Gasteiger partial charge in [-0.2, -0.15) is 0 Å². The molecule has 0 aliphatic heterocycles. The Morgan fingerprint density at radius 3 is 2.19 bits per heavy atom. The van der Waals surface area contributed by atoms with Gasteiger partial charge in [0, 0.05) is 5.02 Å². The topological polar surface area (TPSA) is 47.6 Å². The standard InChI is InChI=1S/C21H26ClNO3/c1-15(26-19-9-5-16(6-10-19)21(2,3)4)20(24)23-13-14-25-18-11-7-17(22)8-12-18/h5-12,15H,13-14H2,1-4H3,(H,23,24). The van der Waals surface area contributed by atoms with E-state index in [9.17, 15) is 4.79 Å². The van der Waals surface area contributed by atoms with Crippen LogP contribution in [-0.2, 0) is 10.2 Å². The summed E-state index contributed by atoms with van der Waals surface area (Å²) >= 11 is 5.82. The highest BCUT2D eigenvalue weighted by molar-refractivity contribution is 6.30. The molecule has 0 aliphatic rings. The first-order chi connectivity index (χ1) is 12.3. The minimum atomic E-state index is -0.578. The third kappa shape index (κ3) is 6.26. The highest BCUT2D eigenvalue weighted by Gasteiger charge is 2.16. The van der Waals surface area contributed by atoms with Crippen molar-refractivity contribution in [3.63, 3.8) is 0 Å². The summed E-state index contributed by atoms with van der Waals surface area (Å²) < 4.78 is 11.2. The molecule has 140 valence electrons. The number of carbonyl (C=O) groups is 1. The van der Waals surface area contributed by atoms with Gasteiger partial charge >= 0.3 is 0 Å². The van der Waals surface area contributed by atoms with Crippen LogP contribution < -0.4 is 14.8 Å². The van der Waals surface area contributed by atoms with Crippen LogP contribution in [0.2, 0.25) is 5.02 Å². The fourth-order valence-electron chi connectivity index (χ4n) is 2.31. The lowest BCUT2D eigenvalue weighted by molar-refractivity contribution is -0.127. The quantitative estimate of drug-likeness (QED) is 0.719. The van der Waals surface area contributed by atoms with Gasteiger partial charge in [-0.05, 0) is 54.3 Å². The number of halogens is 1. The molecule has 5 heteroatoms. The molecular weight excluding hydrogens is 350 g/mol. The second kappa shape index (κ2) is 8.95. The fraction of sp³-hybridized carbons (Fsp3) is 0.381. The van der Waals surface area contributed by atoms with Crippen molar-refractivity contribution in [2.75, 3.05) is 13.2 Å². The van der Waals surface area contributed by atoms with Gasteiger partial charge < -0.3 is 14.8 Å². The van der Waals surface area contributed by atoms with Gasteiger partial charge in [0.25, 0.3) is 5.91 Å². The zero-order valence-corrected chi connectivity index (χ0v) is 16.5. The summed E-state index contributed by atoms with van der Waals surface area (Å²) in [5.74, 6) is 1.22. The molecule has 0 fully saturated rings. The number of hydrogen-bond acceptors (Lipinski definition) is 3. The van der Waals surface area contributed by atoms with Crippen LogP contribution in [0.5, 0.6) is 11.5 Å². The highest BCUT2D eigenvalue weighted by atomic mass is 35.5. The van der Waals surface area contributed by atoms with Gasteiger partial charge in [0.2, 0.25) is 0 Å². The van der Waals surface area contributed by atoms with Crippen LogP contribution in [-0.4, -0.2) is 25.2 Å². The molecule has 4 nitrogen and oxygen atoms in total. The van der Waals surface area contributed by atoms with Crippen LogP contribution >= 0.6 is 11.6 Å². The fourth-order valence-corrected chi connectivity index (χ4v) is 2.43. The van der Waals surface area contributed by atoms with Crippen molar-refractivity contribution in [1.29, 1.82) is 0 Å². The van der Waals surface area contributed by atoms with Gasteiger partial charge in [-0.3, -0.25) is 4.79 Å². The average Bonchev–Trinajstić information content (AvgIpc) is 2.59. The lowest BCUT2D eigenvalue weighted by Crippen LogP contribution is -2.38. The maximum absolute atomic E-state index is 12.1. The Balaban J connectivity index is 1.74. The van der Waals surface area contributed by atoms with Gasteiger partial charge in [-0.15, -0.1) is 0 Å². The SMILES string of the molecule is CC(Oc1ccc(C(C)(C)C)cc1)C(=O)NCCOc1ccc(Cl)cc1. The van der Waals surface area contributed by atoms with Crippen LogP contribution in [0.4, 0.5) is 0 Å².